The van der Waals surface area contributed by atoms with Crippen LogP contribution in [0.25, 0.3) is 10.8 Å². The van der Waals surface area contributed by atoms with E-state index in [-0.39, 0.29) is 11.1 Å². The first-order valence-electron chi connectivity index (χ1n) is 7.07. The van der Waals surface area contributed by atoms with Crippen molar-refractivity contribution in [3.8, 4) is 11.8 Å². The largest absolute Gasteiger partial charge is 0.478 e. The van der Waals surface area contributed by atoms with Gasteiger partial charge in [0.1, 0.15) is 0 Å². The topological polar surface area (TPSA) is 74.6 Å². The van der Waals surface area contributed by atoms with Crippen LogP contribution in [0, 0.1) is 11.8 Å². The van der Waals surface area contributed by atoms with Gasteiger partial charge in [-0.3, -0.25) is 0 Å². The molecule has 0 fully saturated rings. The summed E-state index contributed by atoms with van der Waals surface area (Å²) >= 11 is 0. The zero-order valence-electron chi connectivity index (χ0n) is 12.2. The summed E-state index contributed by atoms with van der Waals surface area (Å²) in [6.45, 7) is 2.06. The van der Waals surface area contributed by atoms with Gasteiger partial charge in [0, 0.05) is 12.0 Å². The van der Waals surface area contributed by atoms with E-state index in [0.717, 1.165) is 12.8 Å². The molecule has 0 atom stereocenters. The molecule has 0 radical (unpaired) electrons. The van der Waals surface area contributed by atoms with E-state index in [1.165, 1.54) is 6.07 Å². The van der Waals surface area contributed by atoms with Crippen LogP contribution in [-0.4, -0.2) is 22.2 Å². The lowest BCUT2D eigenvalue weighted by molar-refractivity contribution is 0.0686. The molecule has 0 saturated heterocycles. The fraction of sp³-hybridized carbons (Fsp3) is 0.222. The van der Waals surface area contributed by atoms with Crippen LogP contribution in [-0.2, 0) is 0 Å². The summed E-state index contributed by atoms with van der Waals surface area (Å²) in [4.78, 5) is 22.8. The molecule has 0 saturated carbocycles. The van der Waals surface area contributed by atoms with Crippen molar-refractivity contribution in [1.82, 2.24) is 0 Å². The summed E-state index contributed by atoms with van der Waals surface area (Å²) < 4.78 is 0. The van der Waals surface area contributed by atoms with E-state index >= 15 is 0 Å². The van der Waals surface area contributed by atoms with Gasteiger partial charge in [0.2, 0.25) is 0 Å². The van der Waals surface area contributed by atoms with Crippen LogP contribution in [0.4, 0.5) is 0 Å². The first kappa shape index (κ1) is 15.6. The molecule has 0 amide bonds. The Morgan fingerprint density at radius 2 is 1.82 bits per heavy atom. The molecule has 112 valence electrons. The normalized spacial score (nSPS) is 10.0. The summed E-state index contributed by atoms with van der Waals surface area (Å²) in [5.74, 6) is 3.68. The molecule has 0 heterocycles. The number of aromatic carboxylic acids is 2. The number of carbonyl (C=O) groups is 2. The van der Waals surface area contributed by atoms with Crippen LogP contribution in [0.5, 0.6) is 0 Å². The van der Waals surface area contributed by atoms with E-state index < -0.39 is 11.9 Å². The maximum absolute atomic E-state index is 11.6. The summed E-state index contributed by atoms with van der Waals surface area (Å²) in [5, 5.41) is 19.5. The van der Waals surface area contributed by atoms with Crippen LogP contribution in [0.1, 0.15) is 52.5 Å². The Balaban J connectivity index is 2.64. The smallest absolute Gasteiger partial charge is 0.337 e. The molecule has 2 aromatic carbocycles. The molecule has 0 spiro atoms. The van der Waals surface area contributed by atoms with Gasteiger partial charge in [-0.15, -0.1) is 0 Å². The first-order valence-corrected chi connectivity index (χ1v) is 7.07. The molecule has 0 unspecified atom stereocenters. The average molecular weight is 296 g/mol. The van der Waals surface area contributed by atoms with Crippen LogP contribution in [0.15, 0.2) is 30.3 Å². The number of unbranched alkanes of at least 4 members (excludes halogenated alkanes) is 2. The summed E-state index contributed by atoms with van der Waals surface area (Å²) in [5.41, 5.74) is 0.564. The number of fused-ring (bicyclic) bond motifs is 1. The molecule has 0 aliphatic heterocycles. The monoisotopic (exact) mass is 296 g/mol. The third kappa shape index (κ3) is 3.09. The SMILES string of the molecule is CCCCC#Cc1ccc2c(C(=O)O)cccc2c1C(=O)O. The van der Waals surface area contributed by atoms with E-state index in [9.17, 15) is 19.8 Å². The number of hydrogen-bond donors (Lipinski definition) is 2. The van der Waals surface area contributed by atoms with Gasteiger partial charge in [-0.1, -0.05) is 43.4 Å². The second-order valence-corrected chi connectivity index (χ2v) is 4.90. The first-order chi connectivity index (χ1) is 10.6. The quantitative estimate of drug-likeness (QED) is 0.665. The maximum atomic E-state index is 11.6. The highest BCUT2D eigenvalue weighted by Crippen LogP contribution is 2.25. The molecule has 2 N–H and O–H groups in total. The van der Waals surface area contributed by atoms with Crippen molar-refractivity contribution in [2.24, 2.45) is 0 Å². The lowest BCUT2D eigenvalue weighted by Crippen LogP contribution is -2.04. The van der Waals surface area contributed by atoms with Crippen molar-refractivity contribution >= 4 is 22.7 Å². The van der Waals surface area contributed by atoms with Crippen molar-refractivity contribution in [3.05, 3.63) is 47.0 Å². The zero-order valence-corrected chi connectivity index (χ0v) is 12.2. The zero-order chi connectivity index (χ0) is 16.1. The number of benzene rings is 2. The molecule has 4 heteroatoms. The van der Waals surface area contributed by atoms with Crippen molar-refractivity contribution in [2.45, 2.75) is 26.2 Å². The van der Waals surface area contributed by atoms with Gasteiger partial charge in [0.25, 0.3) is 0 Å². The fourth-order valence-corrected chi connectivity index (χ4v) is 2.30. The number of rotatable bonds is 4. The summed E-state index contributed by atoms with van der Waals surface area (Å²) in [6, 6.07) is 7.82. The van der Waals surface area contributed by atoms with Gasteiger partial charge < -0.3 is 10.2 Å². The molecule has 0 bridgehead atoms. The van der Waals surface area contributed by atoms with Gasteiger partial charge in [-0.2, -0.15) is 0 Å². The Labute approximate surface area is 128 Å². The number of hydrogen-bond acceptors (Lipinski definition) is 2. The van der Waals surface area contributed by atoms with Crippen molar-refractivity contribution in [1.29, 1.82) is 0 Å². The van der Waals surface area contributed by atoms with Crippen LogP contribution in [0.3, 0.4) is 0 Å². The molecular formula is C18H16O4. The maximum Gasteiger partial charge on any atom is 0.337 e. The van der Waals surface area contributed by atoms with E-state index in [2.05, 4.69) is 18.8 Å². The van der Waals surface area contributed by atoms with Crippen LogP contribution >= 0.6 is 0 Å². The molecular weight excluding hydrogens is 280 g/mol. The molecule has 22 heavy (non-hydrogen) atoms. The Kier molecular flexibility index (Phi) is 4.80. The average Bonchev–Trinajstić information content (AvgIpc) is 2.49. The third-order valence-electron chi connectivity index (χ3n) is 3.38. The number of carboxylic acid groups (broad SMARTS) is 2. The van der Waals surface area contributed by atoms with Gasteiger partial charge in [0.15, 0.2) is 0 Å². The fourth-order valence-electron chi connectivity index (χ4n) is 2.30. The lowest BCUT2D eigenvalue weighted by Gasteiger charge is -2.07. The van der Waals surface area contributed by atoms with Crippen LogP contribution < -0.4 is 0 Å². The van der Waals surface area contributed by atoms with E-state index in [0.29, 0.717) is 22.8 Å². The summed E-state index contributed by atoms with van der Waals surface area (Å²) in [7, 11) is 0. The van der Waals surface area contributed by atoms with Gasteiger partial charge >= 0.3 is 11.9 Å². The minimum atomic E-state index is -1.10. The van der Waals surface area contributed by atoms with Crippen molar-refractivity contribution < 1.29 is 19.8 Å². The minimum Gasteiger partial charge on any atom is -0.478 e. The molecule has 0 aliphatic rings. The van der Waals surface area contributed by atoms with E-state index in [1.54, 1.807) is 24.3 Å². The van der Waals surface area contributed by atoms with Gasteiger partial charge in [-0.05, 0) is 29.3 Å². The Morgan fingerprint density at radius 1 is 1.05 bits per heavy atom. The van der Waals surface area contributed by atoms with Gasteiger partial charge in [0.05, 0.1) is 11.1 Å². The summed E-state index contributed by atoms with van der Waals surface area (Å²) in [6.07, 6.45) is 2.70. The number of carboxylic acids is 2. The standard InChI is InChI=1S/C18H16O4/c1-2-3-4-5-7-12-10-11-13-14(16(12)18(21)22)8-6-9-15(13)17(19)20/h6,8-11H,2-4H2,1H3,(H,19,20)(H,21,22). The molecule has 4 nitrogen and oxygen atoms in total. The molecule has 0 aliphatic carbocycles. The highest BCUT2D eigenvalue weighted by molar-refractivity contribution is 6.11. The third-order valence-corrected chi connectivity index (χ3v) is 3.38. The second-order valence-electron chi connectivity index (χ2n) is 4.90. The van der Waals surface area contributed by atoms with Crippen molar-refractivity contribution in [3.63, 3.8) is 0 Å². The highest BCUT2D eigenvalue weighted by atomic mass is 16.4. The molecule has 2 aromatic rings. The molecule has 2 rings (SSSR count). The predicted molar refractivity (Wildman–Crippen MR) is 84.3 cm³/mol. The van der Waals surface area contributed by atoms with Gasteiger partial charge in [-0.25, -0.2) is 9.59 Å². The van der Waals surface area contributed by atoms with Crippen molar-refractivity contribution in [2.75, 3.05) is 0 Å². The Morgan fingerprint density at radius 3 is 2.45 bits per heavy atom. The van der Waals surface area contributed by atoms with E-state index in [4.69, 9.17) is 0 Å². The van der Waals surface area contributed by atoms with E-state index in [1.807, 2.05) is 0 Å². The minimum absolute atomic E-state index is 0.0598. The highest BCUT2D eigenvalue weighted by Gasteiger charge is 2.16. The molecule has 0 aromatic heterocycles. The lowest BCUT2D eigenvalue weighted by atomic mass is 9.96. The van der Waals surface area contributed by atoms with Crippen LogP contribution in [0.2, 0.25) is 0 Å². The second kappa shape index (κ2) is 6.77. The Hall–Kier alpha value is -2.80. The Bertz CT molecular complexity index is 794. The predicted octanol–water partition coefficient (Wildman–Crippen LogP) is 3.78.